The zero-order chi connectivity index (χ0) is 21.0. The molecule has 0 atom stereocenters. The van der Waals surface area contributed by atoms with E-state index in [4.69, 9.17) is 13.8 Å². The molecular formula is C22H20N4O3S2. The van der Waals surface area contributed by atoms with Crippen molar-refractivity contribution in [3.8, 4) is 11.7 Å². The molecule has 0 bridgehead atoms. The average Bonchev–Trinajstić information content (AvgIpc) is 3.56. The molecule has 158 valence electrons. The Morgan fingerprint density at radius 2 is 1.97 bits per heavy atom. The fourth-order valence-electron chi connectivity index (χ4n) is 3.45. The van der Waals surface area contributed by atoms with Gasteiger partial charge in [-0.2, -0.15) is 0 Å². The molecule has 3 aromatic heterocycles. The Bertz CT molecular complexity index is 1130. The second-order valence-corrected chi connectivity index (χ2v) is 9.17. The number of thioether (sulfide) groups is 1. The highest BCUT2D eigenvalue weighted by Gasteiger charge is 2.24. The largest absolute Gasteiger partial charge is 0.459 e. The van der Waals surface area contributed by atoms with E-state index in [0.29, 0.717) is 23.4 Å². The Kier molecular flexibility index (Phi) is 5.86. The summed E-state index contributed by atoms with van der Waals surface area (Å²) in [5, 5.41) is 9.10. The van der Waals surface area contributed by atoms with Crippen molar-refractivity contribution in [1.82, 2.24) is 15.2 Å². The lowest BCUT2D eigenvalue weighted by Crippen LogP contribution is -2.31. The van der Waals surface area contributed by atoms with E-state index in [1.165, 1.54) is 23.1 Å². The van der Waals surface area contributed by atoms with Crippen molar-refractivity contribution < 1.29 is 13.6 Å². The van der Waals surface area contributed by atoms with Crippen LogP contribution < -0.4 is 4.90 Å². The van der Waals surface area contributed by atoms with Crippen LogP contribution >= 0.6 is 23.1 Å². The van der Waals surface area contributed by atoms with Crippen molar-refractivity contribution in [2.24, 2.45) is 0 Å². The number of carbonyl (C=O) groups is 1. The minimum Gasteiger partial charge on any atom is -0.459 e. The van der Waals surface area contributed by atoms with Gasteiger partial charge in [0.15, 0.2) is 10.9 Å². The number of nitrogens with zero attached hydrogens (tertiary/aromatic N) is 4. The summed E-state index contributed by atoms with van der Waals surface area (Å²) in [4.78, 5) is 21.1. The van der Waals surface area contributed by atoms with E-state index in [9.17, 15) is 4.79 Å². The van der Waals surface area contributed by atoms with Crippen molar-refractivity contribution >= 4 is 34.1 Å². The second-order valence-electron chi connectivity index (χ2n) is 7.18. The van der Waals surface area contributed by atoms with Crippen LogP contribution in [0.25, 0.3) is 11.7 Å². The van der Waals surface area contributed by atoms with E-state index < -0.39 is 0 Å². The summed E-state index contributed by atoms with van der Waals surface area (Å²) in [7, 11) is 0. The number of aryl methyl sites for hydroxylation is 2. The van der Waals surface area contributed by atoms with Gasteiger partial charge in [0, 0.05) is 4.88 Å². The van der Waals surface area contributed by atoms with Crippen LogP contribution in [0, 0.1) is 0 Å². The van der Waals surface area contributed by atoms with E-state index in [-0.39, 0.29) is 11.7 Å². The Morgan fingerprint density at radius 3 is 2.77 bits per heavy atom. The number of fused-ring (bicyclic) bond motifs is 1. The highest BCUT2D eigenvalue weighted by Crippen LogP contribution is 2.33. The van der Waals surface area contributed by atoms with Gasteiger partial charge in [-0.25, -0.2) is 4.98 Å². The van der Waals surface area contributed by atoms with E-state index in [0.717, 1.165) is 35.7 Å². The van der Waals surface area contributed by atoms with E-state index in [2.05, 4.69) is 10.2 Å². The fraction of sp³-hybridized carbons (Fsp3) is 0.273. The molecule has 1 amide bonds. The van der Waals surface area contributed by atoms with E-state index in [1.807, 2.05) is 30.3 Å². The van der Waals surface area contributed by atoms with Crippen molar-refractivity contribution in [2.45, 2.75) is 37.5 Å². The molecule has 1 aromatic carbocycles. The first-order valence-corrected chi connectivity index (χ1v) is 11.9. The standard InChI is InChI=1S/C22H20N4O3S2/c27-19(14-30-22-25-24-20(29-22)17-10-6-12-28-17)26(13-15-7-2-1-3-8-15)21-23-16-9-4-5-11-18(16)31-21/h1-3,6-8,10,12H,4-5,9,11,13-14H2. The summed E-state index contributed by atoms with van der Waals surface area (Å²) in [5.74, 6) is 0.938. The lowest BCUT2D eigenvalue weighted by molar-refractivity contribution is -0.116. The number of carbonyl (C=O) groups excluding carboxylic acids is 1. The van der Waals surface area contributed by atoms with Gasteiger partial charge in [-0.05, 0) is 43.4 Å². The number of benzene rings is 1. The number of anilines is 1. The first-order chi connectivity index (χ1) is 15.3. The highest BCUT2D eigenvalue weighted by atomic mass is 32.2. The van der Waals surface area contributed by atoms with Gasteiger partial charge in [0.2, 0.25) is 5.91 Å². The first-order valence-electron chi connectivity index (χ1n) is 10.1. The van der Waals surface area contributed by atoms with Gasteiger partial charge < -0.3 is 8.83 Å². The van der Waals surface area contributed by atoms with Crippen LogP contribution in [-0.4, -0.2) is 26.8 Å². The number of amides is 1. The third-order valence-corrected chi connectivity index (χ3v) is 6.99. The number of rotatable bonds is 7. The maximum atomic E-state index is 13.2. The highest BCUT2D eigenvalue weighted by molar-refractivity contribution is 7.99. The number of aromatic nitrogens is 3. The Hall–Kier alpha value is -2.91. The Morgan fingerprint density at radius 1 is 1.10 bits per heavy atom. The predicted molar refractivity (Wildman–Crippen MR) is 119 cm³/mol. The molecule has 1 aliphatic carbocycles. The second kappa shape index (κ2) is 9.07. The molecule has 3 heterocycles. The summed E-state index contributed by atoms with van der Waals surface area (Å²) in [6, 6.07) is 13.5. The summed E-state index contributed by atoms with van der Waals surface area (Å²) in [6.45, 7) is 0.480. The van der Waals surface area contributed by atoms with Gasteiger partial charge in [-0.3, -0.25) is 9.69 Å². The topological polar surface area (TPSA) is 85.3 Å². The van der Waals surface area contributed by atoms with Gasteiger partial charge in [0.1, 0.15) is 0 Å². The minimum atomic E-state index is -0.0438. The zero-order valence-corrected chi connectivity index (χ0v) is 18.3. The fourth-order valence-corrected chi connectivity index (χ4v) is 5.26. The molecule has 31 heavy (non-hydrogen) atoms. The van der Waals surface area contributed by atoms with Crippen LogP contribution in [-0.2, 0) is 24.2 Å². The molecular weight excluding hydrogens is 432 g/mol. The van der Waals surface area contributed by atoms with Gasteiger partial charge in [-0.1, -0.05) is 42.1 Å². The number of hydrogen-bond acceptors (Lipinski definition) is 8. The Balaban J connectivity index is 1.33. The smallest absolute Gasteiger partial charge is 0.284 e. The zero-order valence-electron chi connectivity index (χ0n) is 16.7. The quantitative estimate of drug-likeness (QED) is 0.365. The maximum Gasteiger partial charge on any atom is 0.284 e. The molecule has 0 fully saturated rings. The van der Waals surface area contributed by atoms with Crippen LogP contribution in [0.3, 0.4) is 0 Å². The molecule has 0 saturated heterocycles. The number of thiazole rings is 1. The average molecular weight is 453 g/mol. The summed E-state index contributed by atoms with van der Waals surface area (Å²) >= 11 is 2.85. The molecule has 4 aromatic rings. The SMILES string of the molecule is O=C(CSc1nnc(-c2ccco2)o1)N(Cc1ccccc1)c1nc2c(s1)CCCC2. The molecule has 1 aliphatic rings. The van der Waals surface area contributed by atoms with Crippen LogP contribution in [0.1, 0.15) is 29.0 Å². The summed E-state index contributed by atoms with van der Waals surface area (Å²) in [5.41, 5.74) is 2.21. The van der Waals surface area contributed by atoms with Gasteiger partial charge >= 0.3 is 0 Å². The third kappa shape index (κ3) is 4.57. The predicted octanol–water partition coefficient (Wildman–Crippen LogP) is 4.99. The third-order valence-electron chi connectivity index (χ3n) is 5.01. The van der Waals surface area contributed by atoms with Gasteiger partial charge in [-0.15, -0.1) is 21.5 Å². The van der Waals surface area contributed by atoms with Crippen LogP contribution in [0.5, 0.6) is 0 Å². The van der Waals surface area contributed by atoms with Crippen molar-refractivity contribution in [1.29, 1.82) is 0 Å². The lowest BCUT2D eigenvalue weighted by atomic mass is 10.0. The molecule has 0 radical (unpaired) electrons. The number of hydrogen-bond donors (Lipinski definition) is 0. The van der Waals surface area contributed by atoms with Gasteiger partial charge in [0.25, 0.3) is 11.1 Å². The first kappa shape index (κ1) is 20.0. The molecule has 0 aliphatic heterocycles. The van der Waals surface area contributed by atoms with E-state index >= 15 is 0 Å². The molecule has 7 nitrogen and oxygen atoms in total. The molecule has 9 heteroatoms. The molecule has 5 rings (SSSR count). The normalized spacial score (nSPS) is 13.2. The van der Waals surface area contributed by atoms with Gasteiger partial charge in [0.05, 0.1) is 24.3 Å². The molecule has 0 unspecified atom stereocenters. The monoisotopic (exact) mass is 452 g/mol. The summed E-state index contributed by atoms with van der Waals surface area (Å²) in [6.07, 6.45) is 5.93. The summed E-state index contributed by atoms with van der Waals surface area (Å²) < 4.78 is 10.9. The lowest BCUT2D eigenvalue weighted by Gasteiger charge is -2.19. The number of furan rings is 1. The van der Waals surface area contributed by atoms with Crippen LogP contribution in [0.4, 0.5) is 5.13 Å². The van der Waals surface area contributed by atoms with Crippen molar-refractivity contribution in [2.75, 3.05) is 10.7 Å². The van der Waals surface area contributed by atoms with E-state index in [1.54, 1.807) is 34.6 Å². The minimum absolute atomic E-state index is 0.0438. The molecule has 0 saturated carbocycles. The van der Waals surface area contributed by atoms with Crippen LogP contribution in [0.15, 0.2) is 62.8 Å². The maximum absolute atomic E-state index is 13.2. The van der Waals surface area contributed by atoms with Crippen molar-refractivity contribution in [3.05, 3.63) is 64.9 Å². The van der Waals surface area contributed by atoms with Crippen LogP contribution in [0.2, 0.25) is 0 Å². The van der Waals surface area contributed by atoms with Crippen molar-refractivity contribution in [3.63, 3.8) is 0 Å². The molecule has 0 spiro atoms. The molecule has 0 N–H and O–H groups in total. The Labute approximate surface area is 187 Å².